The first-order valence-electron chi connectivity index (χ1n) is 5.20. The molecule has 0 amide bonds. The van der Waals surface area contributed by atoms with Gasteiger partial charge in [-0.1, -0.05) is 0 Å². The zero-order valence-corrected chi connectivity index (χ0v) is 8.86. The Morgan fingerprint density at radius 3 is 3.00 bits per heavy atom. The van der Waals surface area contributed by atoms with E-state index in [0.29, 0.717) is 5.56 Å². The summed E-state index contributed by atoms with van der Waals surface area (Å²) in [5, 5.41) is 11.6. The van der Waals surface area contributed by atoms with Crippen molar-refractivity contribution in [3.05, 3.63) is 17.5 Å². The summed E-state index contributed by atoms with van der Waals surface area (Å²) in [5.74, 6) is 0.0644. The van der Waals surface area contributed by atoms with Crippen LogP contribution in [-0.2, 0) is 4.74 Å². The third kappa shape index (κ3) is 1.87. The zero-order chi connectivity index (χ0) is 10.8. The molecule has 5 heteroatoms. The number of ether oxygens (including phenoxy) is 1. The molecule has 0 saturated carbocycles. The molecule has 1 atom stereocenters. The lowest BCUT2D eigenvalue weighted by Gasteiger charge is -2.24. The number of amidine groups is 1. The molecule has 2 heterocycles. The van der Waals surface area contributed by atoms with Gasteiger partial charge in [0.1, 0.15) is 12.1 Å². The van der Waals surface area contributed by atoms with E-state index in [4.69, 9.17) is 15.9 Å². The van der Waals surface area contributed by atoms with Crippen molar-refractivity contribution >= 4 is 5.84 Å². The summed E-state index contributed by atoms with van der Waals surface area (Å²) in [4.78, 5) is 0. The van der Waals surface area contributed by atoms with Crippen LogP contribution in [0.5, 0.6) is 0 Å². The minimum absolute atomic E-state index is 0.0202. The molecule has 0 bridgehead atoms. The summed E-state index contributed by atoms with van der Waals surface area (Å²) in [5.41, 5.74) is 7.06. The van der Waals surface area contributed by atoms with Crippen LogP contribution in [0.25, 0.3) is 0 Å². The smallest absolute Gasteiger partial charge is 0.150 e. The average Bonchev–Trinajstić information content (AvgIpc) is 2.61. The Kier molecular flexibility index (Phi) is 2.73. The molecule has 1 unspecified atom stereocenters. The van der Waals surface area contributed by atoms with Crippen molar-refractivity contribution in [2.24, 2.45) is 5.73 Å². The number of aromatic nitrogens is 2. The van der Waals surface area contributed by atoms with E-state index in [0.717, 1.165) is 25.1 Å². The fourth-order valence-corrected chi connectivity index (χ4v) is 1.89. The molecule has 0 spiro atoms. The molecule has 1 aliphatic heterocycles. The Labute approximate surface area is 88.7 Å². The number of hydrogen-bond donors (Lipinski definition) is 2. The SMILES string of the molecule is Cc1c(C(=N)N)cnn1C1CCCCO1. The molecule has 1 aromatic heterocycles. The van der Waals surface area contributed by atoms with Gasteiger partial charge in [0.25, 0.3) is 0 Å². The number of rotatable bonds is 2. The Balaban J connectivity index is 2.24. The predicted molar refractivity (Wildman–Crippen MR) is 56.8 cm³/mol. The van der Waals surface area contributed by atoms with Crippen LogP contribution in [0.15, 0.2) is 6.20 Å². The van der Waals surface area contributed by atoms with Crippen LogP contribution in [0.3, 0.4) is 0 Å². The summed E-state index contributed by atoms with van der Waals surface area (Å²) < 4.78 is 7.46. The van der Waals surface area contributed by atoms with Gasteiger partial charge in [0, 0.05) is 12.3 Å². The lowest BCUT2D eigenvalue weighted by atomic mass is 10.2. The topological polar surface area (TPSA) is 76.9 Å². The van der Waals surface area contributed by atoms with Crippen molar-refractivity contribution in [3.8, 4) is 0 Å². The van der Waals surface area contributed by atoms with Crippen molar-refractivity contribution < 1.29 is 4.74 Å². The molecule has 2 rings (SSSR count). The lowest BCUT2D eigenvalue weighted by Crippen LogP contribution is -2.21. The third-order valence-corrected chi connectivity index (χ3v) is 2.76. The van der Waals surface area contributed by atoms with Gasteiger partial charge in [0.05, 0.1) is 11.8 Å². The number of nitrogens with zero attached hydrogens (tertiary/aromatic N) is 2. The maximum absolute atomic E-state index is 7.39. The van der Waals surface area contributed by atoms with Gasteiger partial charge < -0.3 is 10.5 Å². The molecular weight excluding hydrogens is 192 g/mol. The first-order valence-corrected chi connectivity index (χ1v) is 5.20. The number of nitrogens with one attached hydrogen (secondary N) is 1. The molecule has 1 aromatic rings. The summed E-state index contributed by atoms with van der Waals surface area (Å²) in [6.45, 7) is 2.71. The Bertz CT molecular complexity index is 365. The Morgan fingerprint density at radius 2 is 2.47 bits per heavy atom. The first-order chi connectivity index (χ1) is 7.20. The molecule has 0 aromatic carbocycles. The van der Waals surface area contributed by atoms with Gasteiger partial charge in [-0.05, 0) is 26.2 Å². The zero-order valence-electron chi connectivity index (χ0n) is 8.86. The quantitative estimate of drug-likeness (QED) is 0.566. The van der Waals surface area contributed by atoms with Crippen molar-refractivity contribution in [3.63, 3.8) is 0 Å². The minimum Gasteiger partial charge on any atom is -0.384 e. The molecule has 1 fully saturated rings. The summed E-state index contributed by atoms with van der Waals surface area (Å²) in [6.07, 6.45) is 4.93. The molecule has 1 aliphatic rings. The van der Waals surface area contributed by atoms with Gasteiger partial charge in [-0.3, -0.25) is 5.41 Å². The molecule has 5 nitrogen and oxygen atoms in total. The van der Waals surface area contributed by atoms with E-state index in [1.807, 2.05) is 11.6 Å². The highest BCUT2D eigenvalue weighted by Crippen LogP contribution is 2.23. The summed E-state index contributed by atoms with van der Waals surface area (Å²) in [7, 11) is 0. The second kappa shape index (κ2) is 4.02. The van der Waals surface area contributed by atoms with Gasteiger partial charge in [-0.25, -0.2) is 4.68 Å². The van der Waals surface area contributed by atoms with Gasteiger partial charge in [-0.2, -0.15) is 5.10 Å². The molecule has 3 N–H and O–H groups in total. The van der Waals surface area contributed by atoms with Crippen LogP contribution in [0.1, 0.15) is 36.7 Å². The third-order valence-electron chi connectivity index (χ3n) is 2.76. The van der Waals surface area contributed by atoms with E-state index < -0.39 is 0 Å². The van der Waals surface area contributed by atoms with E-state index in [2.05, 4.69) is 5.10 Å². The van der Waals surface area contributed by atoms with Crippen LogP contribution >= 0.6 is 0 Å². The highest BCUT2D eigenvalue weighted by Gasteiger charge is 2.19. The number of nitrogens with two attached hydrogens (primary N) is 1. The molecule has 0 aliphatic carbocycles. The van der Waals surface area contributed by atoms with Crippen LogP contribution in [0.2, 0.25) is 0 Å². The highest BCUT2D eigenvalue weighted by atomic mass is 16.5. The second-order valence-electron chi connectivity index (χ2n) is 3.82. The maximum Gasteiger partial charge on any atom is 0.150 e. The van der Waals surface area contributed by atoms with Crippen molar-refractivity contribution in [2.75, 3.05) is 6.61 Å². The van der Waals surface area contributed by atoms with E-state index >= 15 is 0 Å². The van der Waals surface area contributed by atoms with E-state index in [9.17, 15) is 0 Å². The minimum atomic E-state index is 0.0202. The number of hydrogen-bond acceptors (Lipinski definition) is 3. The summed E-state index contributed by atoms with van der Waals surface area (Å²) in [6, 6.07) is 0. The Hall–Kier alpha value is -1.36. The van der Waals surface area contributed by atoms with Crippen molar-refractivity contribution in [1.82, 2.24) is 9.78 Å². The lowest BCUT2D eigenvalue weighted by molar-refractivity contribution is -0.0406. The Morgan fingerprint density at radius 1 is 1.67 bits per heavy atom. The van der Waals surface area contributed by atoms with Gasteiger partial charge in [0.15, 0.2) is 0 Å². The van der Waals surface area contributed by atoms with Gasteiger partial charge in [0.2, 0.25) is 0 Å². The van der Waals surface area contributed by atoms with Gasteiger partial charge in [-0.15, -0.1) is 0 Å². The van der Waals surface area contributed by atoms with E-state index in [1.165, 1.54) is 6.42 Å². The second-order valence-corrected chi connectivity index (χ2v) is 3.82. The predicted octanol–water partition coefficient (Wildman–Crippen LogP) is 1.17. The molecule has 82 valence electrons. The van der Waals surface area contributed by atoms with Crippen molar-refractivity contribution in [1.29, 1.82) is 5.41 Å². The monoisotopic (exact) mass is 208 g/mol. The largest absolute Gasteiger partial charge is 0.384 e. The fraction of sp³-hybridized carbons (Fsp3) is 0.600. The molecule has 15 heavy (non-hydrogen) atoms. The van der Waals surface area contributed by atoms with Crippen LogP contribution < -0.4 is 5.73 Å². The standard InChI is InChI=1S/C10H16N4O/c1-7-8(10(11)12)6-13-14(7)9-4-2-3-5-15-9/h6,9H,2-5H2,1H3,(H3,11,12). The van der Waals surface area contributed by atoms with Crippen LogP contribution in [0, 0.1) is 12.3 Å². The van der Waals surface area contributed by atoms with Gasteiger partial charge >= 0.3 is 0 Å². The van der Waals surface area contributed by atoms with Crippen LogP contribution in [0.4, 0.5) is 0 Å². The molecule has 1 saturated heterocycles. The normalized spacial score (nSPS) is 21.5. The van der Waals surface area contributed by atoms with Crippen LogP contribution in [-0.4, -0.2) is 22.2 Å². The summed E-state index contributed by atoms with van der Waals surface area (Å²) >= 11 is 0. The molecular formula is C10H16N4O. The fourth-order valence-electron chi connectivity index (χ4n) is 1.89. The van der Waals surface area contributed by atoms with Crippen molar-refractivity contribution in [2.45, 2.75) is 32.4 Å². The molecule has 0 radical (unpaired) electrons. The first kappa shape index (κ1) is 10.2. The number of nitrogen functional groups attached to an aromatic ring is 1. The maximum atomic E-state index is 7.39. The highest BCUT2D eigenvalue weighted by molar-refractivity contribution is 5.95. The van der Waals surface area contributed by atoms with E-state index in [1.54, 1.807) is 6.20 Å². The van der Waals surface area contributed by atoms with E-state index in [-0.39, 0.29) is 12.1 Å². The average molecular weight is 208 g/mol.